The monoisotopic (exact) mass is 330 g/mol. The van der Waals surface area contributed by atoms with Crippen molar-refractivity contribution >= 4 is 0 Å². The van der Waals surface area contributed by atoms with Gasteiger partial charge in [0, 0.05) is 24.2 Å². The number of hydrogen-bond acceptors (Lipinski definition) is 3. The highest BCUT2D eigenvalue weighted by Gasteiger charge is 2.60. The number of aliphatic hydroxyl groups excluding tert-OH is 1. The topological polar surface area (TPSA) is 44.3 Å². The predicted molar refractivity (Wildman–Crippen MR) is 98.4 cm³/mol. The Kier molecular flexibility index (Phi) is 3.89. The lowest BCUT2D eigenvalue weighted by Crippen LogP contribution is -2.60. The van der Waals surface area contributed by atoms with Gasteiger partial charge in [-0.05, 0) is 68.2 Å². The lowest BCUT2D eigenvalue weighted by molar-refractivity contribution is -0.0883. The quantitative estimate of drug-likeness (QED) is 0.682. The summed E-state index contributed by atoms with van der Waals surface area (Å²) in [4.78, 5) is 0. The smallest absolute Gasteiger partial charge is 0.0724 e. The van der Waals surface area contributed by atoms with E-state index in [-0.39, 0.29) is 11.5 Å². The predicted octanol–water partition coefficient (Wildman–Crippen LogP) is 3.08. The molecule has 3 N–H and O–H groups in total. The first kappa shape index (κ1) is 16.7. The van der Waals surface area contributed by atoms with Crippen molar-refractivity contribution in [3.05, 3.63) is 23.9 Å². The fourth-order valence-corrected chi connectivity index (χ4v) is 7.07. The van der Waals surface area contributed by atoms with Gasteiger partial charge in [-0.1, -0.05) is 32.1 Å². The molecule has 4 aliphatic rings. The summed E-state index contributed by atoms with van der Waals surface area (Å²) < 4.78 is 0. The molecule has 0 aromatic heterocycles. The van der Waals surface area contributed by atoms with Crippen molar-refractivity contribution in [1.82, 2.24) is 10.6 Å². The van der Waals surface area contributed by atoms with Crippen LogP contribution in [0.4, 0.5) is 0 Å². The zero-order valence-corrected chi connectivity index (χ0v) is 15.7. The van der Waals surface area contributed by atoms with Gasteiger partial charge in [0.25, 0.3) is 0 Å². The molecule has 0 bridgehead atoms. The SMILES string of the molecule is CNC1=CC[C@H]2[C@@H]3C(NC)CC4CC(O)C=C[C@]4(C)[C@@H]3CC[C@]12C. The first-order chi connectivity index (χ1) is 11.4. The Morgan fingerprint density at radius 3 is 2.67 bits per heavy atom. The van der Waals surface area contributed by atoms with Crippen molar-refractivity contribution in [3.8, 4) is 0 Å². The van der Waals surface area contributed by atoms with E-state index in [1.165, 1.54) is 31.4 Å². The highest BCUT2D eigenvalue weighted by Crippen LogP contribution is 2.64. The van der Waals surface area contributed by atoms with Crippen LogP contribution in [0.1, 0.15) is 46.0 Å². The maximum atomic E-state index is 10.2. The molecule has 8 atom stereocenters. The first-order valence-electron chi connectivity index (χ1n) is 9.87. The maximum absolute atomic E-state index is 10.2. The summed E-state index contributed by atoms with van der Waals surface area (Å²) in [7, 11) is 4.23. The molecule has 24 heavy (non-hydrogen) atoms. The second-order valence-electron chi connectivity index (χ2n) is 9.21. The Morgan fingerprint density at radius 1 is 1.17 bits per heavy atom. The van der Waals surface area contributed by atoms with Gasteiger partial charge in [-0.25, -0.2) is 0 Å². The molecule has 2 saturated carbocycles. The van der Waals surface area contributed by atoms with Crippen molar-refractivity contribution < 1.29 is 5.11 Å². The normalized spacial score (nSPS) is 53.0. The van der Waals surface area contributed by atoms with Gasteiger partial charge in [-0.2, -0.15) is 0 Å². The molecule has 0 amide bonds. The molecule has 0 aliphatic heterocycles. The van der Waals surface area contributed by atoms with E-state index in [0.717, 1.165) is 24.2 Å². The Hall–Kier alpha value is -0.800. The van der Waals surface area contributed by atoms with Gasteiger partial charge in [0.1, 0.15) is 0 Å². The minimum absolute atomic E-state index is 0.241. The molecule has 2 fully saturated rings. The fraction of sp³-hybridized carbons (Fsp3) is 0.810. The number of rotatable bonds is 2. The van der Waals surface area contributed by atoms with Crippen molar-refractivity contribution in [2.24, 2.45) is 34.5 Å². The van der Waals surface area contributed by atoms with Gasteiger partial charge >= 0.3 is 0 Å². The van der Waals surface area contributed by atoms with Crippen LogP contribution in [0.3, 0.4) is 0 Å². The van der Waals surface area contributed by atoms with Crippen molar-refractivity contribution in [2.75, 3.05) is 14.1 Å². The standard InChI is InChI=1S/C21H34N2O/c1-20-9-7-14(24)11-13(20)12-17(22-3)19-15-5-6-18(23-4)21(15,2)10-8-16(19)20/h6-7,9,13-17,19,22-24H,5,8,10-12H2,1-4H3/t13?,14?,15-,16+,17?,19-,20-,21-/m0/s1. The molecular formula is C21H34N2O. The molecule has 0 heterocycles. The van der Waals surface area contributed by atoms with Crippen LogP contribution in [0.5, 0.6) is 0 Å². The second-order valence-corrected chi connectivity index (χ2v) is 9.21. The molecule has 0 radical (unpaired) electrons. The van der Waals surface area contributed by atoms with Crippen LogP contribution < -0.4 is 10.6 Å². The molecule has 0 aromatic rings. The number of hydrogen-bond donors (Lipinski definition) is 3. The van der Waals surface area contributed by atoms with Crippen molar-refractivity contribution in [2.45, 2.75) is 58.1 Å². The van der Waals surface area contributed by atoms with Gasteiger partial charge in [-0.3, -0.25) is 0 Å². The highest BCUT2D eigenvalue weighted by molar-refractivity contribution is 5.26. The van der Waals surface area contributed by atoms with Crippen molar-refractivity contribution in [1.29, 1.82) is 0 Å². The van der Waals surface area contributed by atoms with Gasteiger partial charge < -0.3 is 15.7 Å². The summed E-state index contributed by atoms with van der Waals surface area (Å²) in [6, 6.07) is 0.584. The number of allylic oxidation sites excluding steroid dienone is 3. The second kappa shape index (κ2) is 5.60. The van der Waals surface area contributed by atoms with E-state index in [4.69, 9.17) is 0 Å². The van der Waals surface area contributed by atoms with Crippen LogP contribution in [0.2, 0.25) is 0 Å². The summed E-state index contributed by atoms with van der Waals surface area (Å²) in [5.74, 6) is 2.82. The Morgan fingerprint density at radius 2 is 1.96 bits per heavy atom. The molecule has 3 unspecified atom stereocenters. The third kappa shape index (κ3) is 2.10. The van der Waals surface area contributed by atoms with Gasteiger partial charge in [0.05, 0.1) is 6.10 Å². The molecule has 3 heteroatoms. The van der Waals surface area contributed by atoms with Gasteiger partial charge in [0.2, 0.25) is 0 Å². The maximum Gasteiger partial charge on any atom is 0.0724 e. The minimum Gasteiger partial charge on any atom is -0.391 e. The Bertz CT molecular complexity index is 570. The molecule has 4 rings (SSSR count). The fourth-order valence-electron chi connectivity index (χ4n) is 7.07. The lowest BCUT2D eigenvalue weighted by atomic mass is 9.45. The van der Waals surface area contributed by atoms with E-state index >= 15 is 0 Å². The van der Waals surface area contributed by atoms with E-state index in [2.05, 4.69) is 56.8 Å². The molecule has 0 spiro atoms. The van der Waals surface area contributed by atoms with Crippen LogP contribution >= 0.6 is 0 Å². The van der Waals surface area contributed by atoms with Gasteiger partial charge in [0.15, 0.2) is 0 Å². The number of aliphatic hydroxyl groups is 1. The summed E-state index contributed by atoms with van der Waals surface area (Å²) in [5, 5.41) is 17.3. The third-order valence-corrected chi connectivity index (χ3v) is 8.44. The summed E-state index contributed by atoms with van der Waals surface area (Å²) >= 11 is 0. The number of fused-ring (bicyclic) bond motifs is 5. The van der Waals surface area contributed by atoms with E-state index in [9.17, 15) is 5.11 Å². The molecule has 0 saturated heterocycles. The minimum atomic E-state index is -0.241. The zero-order valence-electron chi connectivity index (χ0n) is 15.7. The Balaban J connectivity index is 1.72. The molecule has 3 nitrogen and oxygen atoms in total. The first-order valence-corrected chi connectivity index (χ1v) is 9.87. The van der Waals surface area contributed by atoms with E-state index in [1.54, 1.807) is 0 Å². The summed E-state index contributed by atoms with van der Waals surface area (Å²) in [6.45, 7) is 4.97. The van der Waals surface area contributed by atoms with Crippen LogP contribution in [-0.4, -0.2) is 31.3 Å². The van der Waals surface area contributed by atoms with Gasteiger partial charge in [-0.15, -0.1) is 0 Å². The van der Waals surface area contributed by atoms with Crippen LogP contribution in [0.15, 0.2) is 23.9 Å². The summed E-state index contributed by atoms with van der Waals surface area (Å²) in [5.41, 5.74) is 2.07. The largest absolute Gasteiger partial charge is 0.391 e. The number of nitrogens with one attached hydrogen (secondary N) is 2. The average Bonchev–Trinajstić information content (AvgIpc) is 2.91. The Labute approximate surface area is 147 Å². The van der Waals surface area contributed by atoms with Crippen molar-refractivity contribution in [3.63, 3.8) is 0 Å². The third-order valence-electron chi connectivity index (χ3n) is 8.44. The van der Waals surface area contributed by atoms with Crippen LogP contribution in [0, 0.1) is 34.5 Å². The molecule has 4 aliphatic carbocycles. The molecule has 134 valence electrons. The van der Waals surface area contributed by atoms with E-state index in [1.807, 2.05) is 0 Å². The molecule has 0 aromatic carbocycles. The molecular weight excluding hydrogens is 296 g/mol. The lowest BCUT2D eigenvalue weighted by Gasteiger charge is -2.61. The zero-order chi connectivity index (χ0) is 17.1. The summed E-state index contributed by atoms with van der Waals surface area (Å²) in [6.07, 6.45) is 12.7. The highest BCUT2D eigenvalue weighted by atomic mass is 16.3. The van der Waals surface area contributed by atoms with E-state index in [0.29, 0.717) is 17.4 Å². The van der Waals surface area contributed by atoms with Crippen LogP contribution in [0.25, 0.3) is 0 Å². The average molecular weight is 331 g/mol. The van der Waals surface area contributed by atoms with Crippen LogP contribution in [-0.2, 0) is 0 Å². The van der Waals surface area contributed by atoms with E-state index < -0.39 is 0 Å².